The minimum atomic E-state index is -3.62. The van der Waals surface area contributed by atoms with Crippen LogP contribution in [0.15, 0.2) is 23.1 Å². The van der Waals surface area contributed by atoms with Gasteiger partial charge in [-0.2, -0.15) is 0 Å². The van der Waals surface area contributed by atoms with E-state index < -0.39 is 21.5 Å². The van der Waals surface area contributed by atoms with Gasteiger partial charge in [0, 0.05) is 5.33 Å². The summed E-state index contributed by atoms with van der Waals surface area (Å²) in [5.41, 5.74) is -0.305. The summed E-state index contributed by atoms with van der Waals surface area (Å²) in [4.78, 5) is -0.133. The van der Waals surface area contributed by atoms with E-state index in [0.717, 1.165) is 56.7 Å². The SMILES string of the molecule is O=S(=O)(CC1(CBr)CCCCCC1)c1ccc(F)c(F)c1. The fourth-order valence-corrected chi connectivity index (χ4v) is 5.90. The maximum atomic E-state index is 13.3. The van der Waals surface area contributed by atoms with Crippen molar-refractivity contribution in [3.05, 3.63) is 29.8 Å². The largest absolute Gasteiger partial charge is 0.224 e. The number of rotatable bonds is 4. The molecule has 2 nitrogen and oxygen atoms in total. The van der Waals surface area contributed by atoms with Crippen LogP contribution < -0.4 is 0 Å². The quantitative estimate of drug-likeness (QED) is 0.438. The van der Waals surface area contributed by atoms with Gasteiger partial charge in [0.25, 0.3) is 0 Å². The molecule has 6 heteroatoms. The van der Waals surface area contributed by atoms with E-state index in [1.54, 1.807) is 0 Å². The molecule has 1 aromatic rings. The Balaban J connectivity index is 2.27. The van der Waals surface area contributed by atoms with Gasteiger partial charge < -0.3 is 0 Å². The Morgan fingerprint density at radius 2 is 1.67 bits per heavy atom. The highest BCUT2D eigenvalue weighted by Crippen LogP contribution is 2.39. The highest BCUT2D eigenvalue weighted by Gasteiger charge is 2.35. The van der Waals surface area contributed by atoms with Gasteiger partial charge in [-0.15, -0.1) is 0 Å². The van der Waals surface area contributed by atoms with E-state index in [4.69, 9.17) is 0 Å². The molecule has 1 aromatic carbocycles. The molecule has 1 saturated carbocycles. The molecule has 118 valence electrons. The molecule has 0 unspecified atom stereocenters. The van der Waals surface area contributed by atoms with Gasteiger partial charge in [0.2, 0.25) is 0 Å². The van der Waals surface area contributed by atoms with Crippen LogP contribution in [0.5, 0.6) is 0 Å². The molecule has 21 heavy (non-hydrogen) atoms. The normalized spacial score (nSPS) is 19.2. The minimum absolute atomic E-state index is 0.0175. The van der Waals surface area contributed by atoms with Crippen LogP contribution in [0.1, 0.15) is 38.5 Å². The third-order valence-electron chi connectivity index (χ3n) is 4.19. The Morgan fingerprint density at radius 3 is 2.19 bits per heavy atom. The van der Waals surface area contributed by atoms with Crippen LogP contribution in [0.3, 0.4) is 0 Å². The predicted molar refractivity (Wildman–Crippen MR) is 82.3 cm³/mol. The fraction of sp³-hybridized carbons (Fsp3) is 0.600. The van der Waals surface area contributed by atoms with Crippen molar-refractivity contribution in [2.45, 2.75) is 43.4 Å². The second kappa shape index (κ2) is 6.73. The Labute approximate surface area is 133 Å². The zero-order chi connectivity index (χ0) is 15.5. The van der Waals surface area contributed by atoms with Crippen molar-refractivity contribution in [3.63, 3.8) is 0 Å². The first kappa shape index (κ1) is 16.9. The second-order valence-corrected chi connectivity index (χ2v) is 8.43. The Kier molecular flexibility index (Phi) is 5.41. The molecule has 0 bridgehead atoms. The van der Waals surface area contributed by atoms with Crippen molar-refractivity contribution in [1.82, 2.24) is 0 Å². The van der Waals surface area contributed by atoms with Crippen molar-refractivity contribution in [2.75, 3.05) is 11.1 Å². The lowest BCUT2D eigenvalue weighted by Crippen LogP contribution is -2.31. The molecule has 0 spiro atoms. The van der Waals surface area contributed by atoms with E-state index in [1.807, 2.05) is 0 Å². The average molecular weight is 381 g/mol. The average Bonchev–Trinajstić information content (AvgIpc) is 2.67. The van der Waals surface area contributed by atoms with E-state index in [9.17, 15) is 17.2 Å². The van der Waals surface area contributed by atoms with Crippen LogP contribution >= 0.6 is 15.9 Å². The molecule has 1 fully saturated rings. The summed E-state index contributed by atoms with van der Waals surface area (Å²) < 4.78 is 51.3. The van der Waals surface area contributed by atoms with Crippen LogP contribution in [0.25, 0.3) is 0 Å². The zero-order valence-electron chi connectivity index (χ0n) is 11.7. The maximum absolute atomic E-state index is 13.3. The molecule has 0 aliphatic heterocycles. The number of hydrogen-bond acceptors (Lipinski definition) is 2. The van der Waals surface area contributed by atoms with E-state index >= 15 is 0 Å². The molecule has 2 rings (SSSR count). The standard InChI is InChI=1S/C15H19BrF2O2S/c16-10-15(7-3-1-2-4-8-15)11-21(19,20)12-5-6-13(17)14(18)9-12/h5-6,9H,1-4,7-8,10-11H2. The summed E-state index contributed by atoms with van der Waals surface area (Å²) >= 11 is 3.46. The van der Waals surface area contributed by atoms with Gasteiger partial charge in [0.1, 0.15) is 0 Å². The van der Waals surface area contributed by atoms with Crippen LogP contribution in [0.4, 0.5) is 8.78 Å². The predicted octanol–water partition coefficient (Wildman–Crippen LogP) is 4.47. The molecule has 0 N–H and O–H groups in total. The van der Waals surface area contributed by atoms with Crippen LogP contribution in [-0.4, -0.2) is 19.5 Å². The topological polar surface area (TPSA) is 34.1 Å². The van der Waals surface area contributed by atoms with Crippen molar-refractivity contribution in [3.8, 4) is 0 Å². The number of halogens is 3. The number of sulfone groups is 1. The summed E-state index contributed by atoms with van der Waals surface area (Å²) in [5, 5.41) is 0.614. The smallest absolute Gasteiger partial charge is 0.179 e. The Morgan fingerprint density at radius 1 is 1.05 bits per heavy atom. The summed E-state index contributed by atoms with van der Waals surface area (Å²) in [7, 11) is -3.62. The van der Waals surface area contributed by atoms with E-state index in [0.29, 0.717) is 5.33 Å². The first-order valence-corrected chi connectivity index (χ1v) is 9.90. The lowest BCUT2D eigenvalue weighted by atomic mass is 9.85. The number of alkyl halides is 1. The third-order valence-corrected chi connectivity index (χ3v) is 7.35. The molecule has 0 atom stereocenters. The van der Waals surface area contributed by atoms with Gasteiger partial charge in [0.05, 0.1) is 10.6 Å². The first-order valence-electron chi connectivity index (χ1n) is 7.12. The maximum Gasteiger partial charge on any atom is 0.179 e. The molecule has 1 aliphatic carbocycles. The van der Waals surface area contributed by atoms with Crippen molar-refractivity contribution in [2.24, 2.45) is 5.41 Å². The van der Waals surface area contributed by atoms with Crippen LogP contribution in [-0.2, 0) is 9.84 Å². The van der Waals surface area contributed by atoms with Gasteiger partial charge in [-0.3, -0.25) is 0 Å². The highest BCUT2D eigenvalue weighted by atomic mass is 79.9. The molecule has 0 saturated heterocycles. The van der Waals surface area contributed by atoms with Gasteiger partial charge in [-0.25, -0.2) is 17.2 Å². The zero-order valence-corrected chi connectivity index (χ0v) is 14.2. The van der Waals surface area contributed by atoms with Gasteiger partial charge in [0.15, 0.2) is 21.5 Å². The number of benzene rings is 1. The summed E-state index contributed by atoms with van der Waals surface area (Å²) in [5.74, 6) is -2.17. The molecular weight excluding hydrogens is 362 g/mol. The fourth-order valence-electron chi connectivity index (χ4n) is 2.95. The lowest BCUT2D eigenvalue weighted by molar-refractivity contribution is 0.327. The monoisotopic (exact) mass is 380 g/mol. The molecular formula is C15H19BrF2O2S. The van der Waals surface area contributed by atoms with E-state index in [1.165, 1.54) is 0 Å². The summed E-state index contributed by atoms with van der Waals surface area (Å²) in [6, 6.07) is 2.80. The second-order valence-electron chi connectivity index (χ2n) is 5.88. The first-order chi connectivity index (χ1) is 9.88. The lowest BCUT2D eigenvalue weighted by Gasteiger charge is -2.30. The summed E-state index contributed by atoms with van der Waals surface area (Å²) in [6.07, 6.45) is 5.97. The minimum Gasteiger partial charge on any atom is -0.224 e. The van der Waals surface area contributed by atoms with E-state index in [-0.39, 0.29) is 16.1 Å². The third kappa shape index (κ3) is 4.03. The Bertz CT molecular complexity index is 594. The molecule has 1 aliphatic rings. The van der Waals surface area contributed by atoms with Gasteiger partial charge in [-0.05, 0) is 36.5 Å². The van der Waals surface area contributed by atoms with Crippen LogP contribution in [0, 0.1) is 17.0 Å². The molecule has 0 radical (unpaired) electrons. The van der Waals surface area contributed by atoms with Crippen LogP contribution in [0.2, 0.25) is 0 Å². The van der Waals surface area contributed by atoms with Gasteiger partial charge >= 0.3 is 0 Å². The van der Waals surface area contributed by atoms with Gasteiger partial charge in [-0.1, -0.05) is 41.6 Å². The summed E-state index contributed by atoms with van der Waals surface area (Å²) in [6.45, 7) is 0. The highest BCUT2D eigenvalue weighted by molar-refractivity contribution is 9.09. The van der Waals surface area contributed by atoms with Crippen molar-refractivity contribution >= 4 is 25.8 Å². The van der Waals surface area contributed by atoms with Crippen molar-refractivity contribution < 1.29 is 17.2 Å². The molecule has 0 heterocycles. The Hall–Kier alpha value is -0.490. The van der Waals surface area contributed by atoms with E-state index in [2.05, 4.69) is 15.9 Å². The molecule has 0 amide bonds. The number of hydrogen-bond donors (Lipinski definition) is 0. The van der Waals surface area contributed by atoms with Crippen molar-refractivity contribution in [1.29, 1.82) is 0 Å². The molecule has 0 aromatic heterocycles.